The Morgan fingerprint density at radius 3 is 2.53 bits per heavy atom. The molecule has 0 saturated carbocycles. The van der Waals surface area contributed by atoms with E-state index in [1.165, 1.54) is 4.90 Å². The van der Waals surface area contributed by atoms with Crippen LogP contribution in [-0.2, 0) is 14.3 Å². The molecule has 0 aromatic rings. The number of amides is 2. The maximum absolute atomic E-state index is 11.5. The Morgan fingerprint density at radius 2 is 2.00 bits per heavy atom. The summed E-state index contributed by atoms with van der Waals surface area (Å²) in [6, 6.07) is 0. The van der Waals surface area contributed by atoms with Gasteiger partial charge in [-0.15, -0.1) is 0 Å². The van der Waals surface area contributed by atoms with Crippen LogP contribution in [0.1, 0.15) is 27.2 Å². The molecule has 0 atom stereocenters. The van der Waals surface area contributed by atoms with Crippen LogP contribution >= 0.6 is 0 Å². The van der Waals surface area contributed by atoms with Gasteiger partial charge < -0.3 is 15.0 Å². The fourth-order valence-electron chi connectivity index (χ4n) is 1.09. The Morgan fingerprint density at radius 1 is 1.35 bits per heavy atom. The first-order valence-corrected chi connectivity index (χ1v) is 6.05. The van der Waals surface area contributed by atoms with E-state index in [0.29, 0.717) is 19.1 Å². The van der Waals surface area contributed by atoms with E-state index in [1.54, 1.807) is 7.05 Å². The summed E-state index contributed by atoms with van der Waals surface area (Å²) in [4.78, 5) is 24.3. The lowest BCUT2D eigenvalue weighted by atomic mass is 10.2. The van der Waals surface area contributed by atoms with E-state index in [9.17, 15) is 9.59 Å². The van der Waals surface area contributed by atoms with Crippen molar-refractivity contribution in [2.24, 2.45) is 5.92 Å². The number of ether oxygens (including phenoxy) is 1. The monoisotopic (exact) mass is 244 g/mol. The molecule has 0 radical (unpaired) electrons. The van der Waals surface area contributed by atoms with Gasteiger partial charge in [-0.05, 0) is 12.3 Å². The Kier molecular flexibility index (Phi) is 8.40. The molecule has 5 heteroatoms. The van der Waals surface area contributed by atoms with Crippen molar-refractivity contribution in [1.29, 1.82) is 0 Å². The van der Waals surface area contributed by atoms with Gasteiger partial charge in [0.05, 0.1) is 6.54 Å². The minimum Gasteiger partial charge on any atom is -0.372 e. The van der Waals surface area contributed by atoms with Gasteiger partial charge in [-0.25, -0.2) is 0 Å². The second-order valence-corrected chi connectivity index (χ2v) is 4.50. The molecular formula is C12H24N2O3. The molecule has 0 bridgehead atoms. The summed E-state index contributed by atoms with van der Waals surface area (Å²) in [5.74, 6) is 0.107. The number of nitrogens with zero attached hydrogens (tertiary/aromatic N) is 1. The summed E-state index contributed by atoms with van der Waals surface area (Å²) >= 11 is 0. The molecule has 0 saturated heterocycles. The second-order valence-electron chi connectivity index (χ2n) is 4.50. The van der Waals surface area contributed by atoms with Crippen LogP contribution in [0.15, 0.2) is 0 Å². The first-order valence-electron chi connectivity index (χ1n) is 6.05. The van der Waals surface area contributed by atoms with E-state index in [-0.39, 0.29) is 25.0 Å². The largest absolute Gasteiger partial charge is 0.372 e. The molecule has 0 rings (SSSR count). The molecule has 0 aliphatic heterocycles. The molecule has 0 unspecified atom stereocenters. The van der Waals surface area contributed by atoms with Crippen LogP contribution in [0.2, 0.25) is 0 Å². The maximum Gasteiger partial charge on any atom is 0.248 e. The fourth-order valence-corrected chi connectivity index (χ4v) is 1.09. The van der Waals surface area contributed by atoms with E-state index in [0.717, 1.165) is 6.42 Å². The number of likely N-dealkylation sites (N-methyl/N-ethyl adjacent to an activating group) is 1. The van der Waals surface area contributed by atoms with Crippen molar-refractivity contribution in [2.45, 2.75) is 27.2 Å². The molecule has 17 heavy (non-hydrogen) atoms. The highest BCUT2D eigenvalue weighted by molar-refractivity contribution is 5.85. The minimum atomic E-state index is -0.168. The highest BCUT2D eigenvalue weighted by Crippen LogP contribution is 1.90. The third-order valence-corrected chi connectivity index (χ3v) is 2.09. The predicted octanol–water partition coefficient (Wildman–Crippen LogP) is 0.644. The van der Waals surface area contributed by atoms with Crippen LogP contribution in [-0.4, -0.2) is 50.1 Å². The van der Waals surface area contributed by atoms with Crippen LogP contribution in [0.4, 0.5) is 0 Å². The van der Waals surface area contributed by atoms with E-state index in [4.69, 9.17) is 4.74 Å². The molecule has 0 aliphatic rings. The van der Waals surface area contributed by atoms with Crippen LogP contribution < -0.4 is 5.32 Å². The average Bonchev–Trinajstić information content (AvgIpc) is 2.26. The van der Waals surface area contributed by atoms with Crippen LogP contribution in [0.5, 0.6) is 0 Å². The second kappa shape index (κ2) is 8.98. The van der Waals surface area contributed by atoms with Gasteiger partial charge >= 0.3 is 0 Å². The molecule has 0 heterocycles. The third-order valence-electron chi connectivity index (χ3n) is 2.09. The molecule has 1 N–H and O–H groups in total. The van der Waals surface area contributed by atoms with E-state index in [1.807, 2.05) is 20.8 Å². The molecule has 0 spiro atoms. The predicted molar refractivity (Wildman–Crippen MR) is 66.6 cm³/mol. The van der Waals surface area contributed by atoms with Crippen molar-refractivity contribution < 1.29 is 14.3 Å². The van der Waals surface area contributed by atoms with Crippen LogP contribution in [0, 0.1) is 5.92 Å². The van der Waals surface area contributed by atoms with Gasteiger partial charge in [0.15, 0.2) is 0 Å². The lowest BCUT2D eigenvalue weighted by molar-refractivity contribution is -0.138. The highest BCUT2D eigenvalue weighted by atomic mass is 16.5. The van der Waals surface area contributed by atoms with E-state index >= 15 is 0 Å². The lowest BCUT2D eigenvalue weighted by Gasteiger charge is -2.17. The standard InChI is InChI=1S/C12H24N2O3/c1-5-6-17-9-12(16)14(4)8-11(15)13-7-10(2)3/h10H,5-9H2,1-4H3,(H,13,15). The van der Waals surface area contributed by atoms with Gasteiger partial charge in [0.1, 0.15) is 6.61 Å². The maximum atomic E-state index is 11.5. The summed E-state index contributed by atoms with van der Waals surface area (Å²) < 4.78 is 5.12. The molecule has 0 aromatic carbocycles. The zero-order valence-electron chi connectivity index (χ0n) is 11.3. The summed E-state index contributed by atoms with van der Waals surface area (Å²) in [7, 11) is 1.60. The van der Waals surface area contributed by atoms with Gasteiger partial charge in [-0.1, -0.05) is 20.8 Å². The summed E-state index contributed by atoms with van der Waals surface area (Å²) in [6.45, 7) is 7.35. The average molecular weight is 244 g/mol. The number of rotatable bonds is 8. The highest BCUT2D eigenvalue weighted by Gasteiger charge is 2.12. The Hall–Kier alpha value is -1.10. The number of nitrogens with one attached hydrogen (secondary N) is 1. The van der Waals surface area contributed by atoms with Crippen molar-refractivity contribution in [1.82, 2.24) is 10.2 Å². The Bertz CT molecular complexity index is 242. The van der Waals surface area contributed by atoms with Gasteiger partial charge in [0, 0.05) is 20.2 Å². The first-order chi connectivity index (χ1) is 7.97. The van der Waals surface area contributed by atoms with E-state index < -0.39 is 0 Å². The SMILES string of the molecule is CCCOCC(=O)N(C)CC(=O)NCC(C)C. The first kappa shape index (κ1) is 15.9. The van der Waals surface area contributed by atoms with Gasteiger partial charge in [0.2, 0.25) is 11.8 Å². The molecule has 5 nitrogen and oxygen atoms in total. The molecule has 100 valence electrons. The number of carbonyl (C=O) groups excluding carboxylic acids is 2. The zero-order valence-corrected chi connectivity index (χ0v) is 11.3. The fraction of sp³-hybridized carbons (Fsp3) is 0.833. The molecule has 2 amide bonds. The quantitative estimate of drug-likeness (QED) is 0.638. The lowest BCUT2D eigenvalue weighted by Crippen LogP contribution is -2.40. The van der Waals surface area contributed by atoms with E-state index in [2.05, 4.69) is 5.32 Å². The van der Waals surface area contributed by atoms with Crippen LogP contribution in [0.25, 0.3) is 0 Å². The zero-order chi connectivity index (χ0) is 13.3. The van der Waals surface area contributed by atoms with Crippen molar-refractivity contribution in [2.75, 3.05) is 33.4 Å². The normalized spacial score (nSPS) is 10.4. The number of hydrogen-bond acceptors (Lipinski definition) is 3. The summed E-state index contributed by atoms with van der Waals surface area (Å²) in [5.41, 5.74) is 0. The van der Waals surface area contributed by atoms with Gasteiger partial charge in [-0.2, -0.15) is 0 Å². The summed E-state index contributed by atoms with van der Waals surface area (Å²) in [5, 5.41) is 2.76. The third kappa shape index (κ3) is 8.68. The number of hydrogen-bond donors (Lipinski definition) is 1. The molecule has 0 aromatic heterocycles. The van der Waals surface area contributed by atoms with Gasteiger partial charge in [-0.3, -0.25) is 9.59 Å². The summed E-state index contributed by atoms with van der Waals surface area (Å²) in [6.07, 6.45) is 0.881. The van der Waals surface area contributed by atoms with Gasteiger partial charge in [0.25, 0.3) is 0 Å². The molecule has 0 fully saturated rings. The number of carbonyl (C=O) groups is 2. The Labute approximate surface area is 103 Å². The molecular weight excluding hydrogens is 220 g/mol. The minimum absolute atomic E-state index is 0.0435. The topological polar surface area (TPSA) is 58.6 Å². The Balaban J connectivity index is 3.78. The van der Waals surface area contributed by atoms with Crippen molar-refractivity contribution >= 4 is 11.8 Å². The van der Waals surface area contributed by atoms with Crippen molar-refractivity contribution in [3.63, 3.8) is 0 Å². The van der Waals surface area contributed by atoms with Crippen molar-refractivity contribution in [3.8, 4) is 0 Å². The van der Waals surface area contributed by atoms with Crippen molar-refractivity contribution in [3.05, 3.63) is 0 Å². The smallest absolute Gasteiger partial charge is 0.248 e. The molecule has 0 aliphatic carbocycles. The van der Waals surface area contributed by atoms with Crippen LogP contribution in [0.3, 0.4) is 0 Å².